The van der Waals surface area contributed by atoms with Gasteiger partial charge in [-0.25, -0.2) is 14.2 Å². The molecule has 0 saturated carbocycles. The second-order valence-electron chi connectivity index (χ2n) is 6.44. The number of furan rings is 1. The number of hydrogen-bond acceptors (Lipinski definition) is 5. The Balaban J connectivity index is 1.59. The second-order valence-corrected chi connectivity index (χ2v) is 7.45. The molecule has 0 bridgehead atoms. The van der Waals surface area contributed by atoms with Crippen molar-refractivity contribution in [1.29, 1.82) is 0 Å². The van der Waals surface area contributed by atoms with E-state index in [4.69, 9.17) is 9.52 Å². The third-order valence-electron chi connectivity index (χ3n) is 4.33. The summed E-state index contributed by atoms with van der Waals surface area (Å²) in [5, 5.41) is 9.53. The molecular weight excluding hydrogens is 407 g/mol. The number of aromatic carboxylic acids is 1. The molecule has 2 heterocycles. The predicted molar refractivity (Wildman–Crippen MR) is 113 cm³/mol. The van der Waals surface area contributed by atoms with Crippen molar-refractivity contribution in [2.45, 2.75) is 0 Å². The van der Waals surface area contributed by atoms with Crippen LogP contribution in [0.4, 0.5) is 10.1 Å². The molecule has 1 saturated heterocycles. The van der Waals surface area contributed by atoms with Crippen molar-refractivity contribution in [3.8, 4) is 11.3 Å². The zero-order valence-electron chi connectivity index (χ0n) is 15.7. The van der Waals surface area contributed by atoms with Gasteiger partial charge in [0.1, 0.15) is 17.3 Å². The Kier molecular flexibility index (Phi) is 5.24. The minimum Gasteiger partial charge on any atom is -0.478 e. The summed E-state index contributed by atoms with van der Waals surface area (Å²) in [6.07, 6.45) is 1.60. The van der Waals surface area contributed by atoms with E-state index in [9.17, 15) is 14.0 Å². The summed E-state index contributed by atoms with van der Waals surface area (Å²) in [6, 6.07) is 15.6. The molecule has 6 nitrogen and oxygen atoms in total. The van der Waals surface area contributed by atoms with Crippen LogP contribution < -0.4 is 0 Å². The first-order valence-electron chi connectivity index (χ1n) is 8.86. The second kappa shape index (κ2) is 8.00. The van der Waals surface area contributed by atoms with Gasteiger partial charge in [0.25, 0.3) is 5.91 Å². The minimum atomic E-state index is -1.05. The summed E-state index contributed by atoms with van der Waals surface area (Å²) < 4.78 is 19.2. The van der Waals surface area contributed by atoms with Crippen molar-refractivity contribution < 1.29 is 23.5 Å². The molecule has 0 atom stereocenters. The maximum Gasteiger partial charge on any atom is 0.335 e. The molecule has 1 amide bonds. The standard InChI is InChI=1S/C22H15FN2O4S/c1-25-20(26)19(30-22(25)24-16-7-3-5-14(11-16)21(27)28)12-17-8-9-18(29-17)13-4-2-6-15(23)10-13/h2-12H,1H3,(H,27,28)/b19-12+,24-22?. The van der Waals surface area contributed by atoms with Gasteiger partial charge in [-0.05, 0) is 54.2 Å². The quantitative estimate of drug-likeness (QED) is 0.597. The SMILES string of the molecule is CN1C(=O)/C(=C\c2ccc(-c3cccc(F)c3)o2)SC1=Nc1cccc(C(=O)O)c1. The highest BCUT2D eigenvalue weighted by Gasteiger charge is 2.30. The topological polar surface area (TPSA) is 83.1 Å². The summed E-state index contributed by atoms with van der Waals surface area (Å²) in [6.45, 7) is 0. The minimum absolute atomic E-state index is 0.116. The van der Waals surface area contributed by atoms with Crippen LogP contribution in [0.1, 0.15) is 16.1 Å². The van der Waals surface area contributed by atoms with E-state index in [0.717, 1.165) is 11.8 Å². The number of aliphatic imine (C=N–C) groups is 1. The number of nitrogens with zero attached hydrogens (tertiary/aromatic N) is 2. The first-order valence-corrected chi connectivity index (χ1v) is 9.68. The zero-order chi connectivity index (χ0) is 21.3. The van der Waals surface area contributed by atoms with E-state index < -0.39 is 5.97 Å². The van der Waals surface area contributed by atoms with E-state index >= 15 is 0 Å². The van der Waals surface area contributed by atoms with Crippen molar-refractivity contribution >= 4 is 40.6 Å². The van der Waals surface area contributed by atoms with E-state index in [1.54, 1.807) is 49.5 Å². The first-order chi connectivity index (χ1) is 14.4. The highest BCUT2D eigenvalue weighted by molar-refractivity contribution is 8.18. The smallest absolute Gasteiger partial charge is 0.335 e. The van der Waals surface area contributed by atoms with Crippen molar-refractivity contribution in [3.63, 3.8) is 0 Å². The van der Waals surface area contributed by atoms with Crippen LogP contribution in [0.25, 0.3) is 17.4 Å². The molecule has 0 aliphatic carbocycles. The number of hydrogen-bond donors (Lipinski definition) is 1. The molecule has 1 aromatic heterocycles. The lowest BCUT2D eigenvalue weighted by atomic mass is 10.2. The van der Waals surface area contributed by atoms with E-state index in [-0.39, 0.29) is 17.3 Å². The van der Waals surface area contributed by atoms with Crippen LogP contribution in [-0.4, -0.2) is 34.1 Å². The molecule has 2 aromatic carbocycles. The zero-order valence-corrected chi connectivity index (χ0v) is 16.5. The molecule has 3 aromatic rings. The number of amidine groups is 1. The van der Waals surface area contributed by atoms with E-state index in [1.165, 1.54) is 29.2 Å². The van der Waals surface area contributed by atoms with Crippen molar-refractivity contribution in [3.05, 3.63) is 82.7 Å². The number of carbonyl (C=O) groups excluding carboxylic acids is 1. The molecule has 1 aliphatic rings. The first kappa shape index (κ1) is 19.7. The number of carbonyl (C=O) groups is 2. The molecule has 0 spiro atoms. The third-order valence-corrected chi connectivity index (χ3v) is 5.39. The number of thioether (sulfide) groups is 1. The maximum absolute atomic E-state index is 13.4. The van der Waals surface area contributed by atoms with Crippen LogP contribution in [0, 0.1) is 5.82 Å². The molecular formula is C22H15FN2O4S. The Morgan fingerprint density at radius 2 is 1.97 bits per heavy atom. The van der Waals surface area contributed by atoms with Gasteiger partial charge in [-0.3, -0.25) is 9.69 Å². The van der Waals surface area contributed by atoms with Gasteiger partial charge in [0, 0.05) is 18.7 Å². The fourth-order valence-electron chi connectivity index (χ4n) is 2.83. The largest absolute Gasteiger partial charge is 0.478 e. The number of carboxylic acids is 1. The van der Waals surface area contributed by atoms with Gasteiger partial charge in [0.05, 0.1) is 16.2 Å². The molecule has 0 radical (unpaired) electrons. The Hall–Kier alpha value is -3.65. The summed E-state index contributed by atoms with van der Waals surface area (Å²) in [5.74, 6) is -0.721. The summed E-state index contributed by atoms with van der Waals surface area (Å²) in [7, 11) is 1.59. The molecule has 30 heavy (non-hydrogen) atoms. The molecule has 8 heteroatoms. The van der Waals surface area contributed by atoms with Crippen molar-refractivity contribution in [2.75, 3.05) is 7.05 Å². The normalized spacial score (nSPS) is 16.6. The summed E-state index contributed by atoms with van der Waals surface area (Å²) in [4.78, 5) is 29.9. The Labute approximate surface area is 175 Å². The molecule has 1 fully saturated rings. The van der Waals surface area contributed by atoms with Gasteiger partial charge >= 0.3 is 5.97 Å². The van der Waals surface area contributed by atoms with Crippen LogP contribution in [0.5, 0.6) is 0 Å². The van der Waals surface area contributed by atoms with Gasteiger partial charge in [0.15, 0.2) is 5.17 Å². The van der Waals surface area contributed by atoms with Crippen LogP contribution in [0.15, 0.2) is 75.0 Å². The molecule has 4 rings (SSSR count). The molecule has 1 N–H and O–H groups in total. The number of carboxylic acid groups (broad SMARTS) is 1. The van der Waals surface area contributed by atoms with Crippen LogP contribution in [0.2, 0.25) is 0 Å². The number of likely N-dealkylation sites (N-methyl/N-ethyl adjacent to an activating group) is 1. The van der Waals surface area contributed by atoms with Crippen molar-refractivity contribution in [1.82, 2.24) is 4.90 Å². The summed E-state index contributed by atoms with van der Waals surface area (Å²) >= 11 is 1.16. The van der Waals surface area contributed by atoms with Gasteiger partial charge in [0.2, 0.25) is 0 Å². The van der Waals surface area contributed by atoms with Gasteiger partial charge in [-0.2, -0.15) is 0 Å². The Morgan fingerprint density at radius 1 is 1.17 bits per heavy atom. The third kappa shape index (κ3) is 4.04. The van der Waals surface area contributed by atoms with Crippen LogP contribution in [-0.2, 0) is 4.79 Å². The van der Waals surface area contributed by atoms with Gasteiger partial charge in [-0.15, -0.1) is 0 Å². The fraction of sp³-hybridized carbons (Fsp3) is 0.0455. The average Bonchev–Trinajstić information content (AvgIpc) is 3.29. The van der Waals surface area contributed by atoms with E-state index in [0.29, 0.717) is 32.8 Å². The maximum atomic E-state index is 13.4. The Morgan fingerprint density at radius 3 is 2.73 bits per heavy atom. The van der Waals surface area contributed by atoms with Gasteiger partial charge < -0.3 is 9.52 Å². The number of halogens is 1. The lowest BCUT2D eigenvalue weighted by Crippen LogP contribution is -2.23. The highest BCUT2D eigenvalue weighted by atomic mass is 32.2. The predicted octanol–water partition coefficient (Wildman–Crippen LogP) is 5.02. The van der Waals surface area contributed by atoms with Crippen LogP contribution in [0.3, 0.4) is 0 Å². The lowest BCUT2D eigenvalue weighted by molar-refractivity contribution is -0.121. The number of benzene rings is 2. The lowest BCUT2D eigenvalue weighted by Gasteiger charge is -2.07. The fourth-order valence-corrected chi connectivity index (χ4v) is 3.79. The number of rotatable bonds is 4. The molecule has 1 aliphatic heterocycles. The van der Waals surface area contributed by atoms with Crippen LogP contribution >= 0.6 is 11.8 Å². The van der Waals surface area contributed by atoms with E-state index in [2.05, 4.69) is 4.99 Å². The Bertz CT molecular complexity index is 1220. The molecule has 0 unspecified atom stereocenters. The highest BCUT2D eigenvalue weighted by Crippen LogP contribution is 2.34. The average molecular weight is 422 g/mol. The molecule has 150 valence electrons. The monoisotopic (exact) mass is 422 g/mol. The van der Waals surface area contributed by atoms with E-state index in [1.807, 2.05) is 0 Å². The van der Waals surface area contributed by atoms with Gasteiger partial charge in [-0.1, -0.05) is 18.2 Å². The summed E-state index contributed by atoms with van der Waals surface area (Å²) in [5.41, 5.74) is 1.15. The number of amides is 1. The van der Waals surface area contributed by atoms with Crippen molar-refractivity contribution in [2.24, 2.45) is 4.99 Å².